The van der Waals surface area contributed by atoms with Gasteiger partial charge in [-0.15, -0.1) is 0 Å². The second-order valence-corrected chi connectivity index (χ2v) is 33.5. The molecule has 1 spiro atoms. The summed E-state index contributed by atoms with van der Waals surface area (Å²) in [6.45, 7) is 4.74. The van der Waals surface area contributed by atoms with Crippen LogP contribution in [0, 0.1) is 0 Å². The summed E-state index contributed by atoms with van der Waals surface area (Å²) in [6, 6.07) is 146. The van der Waals surface area contributed by atoms with E-state index in [9.17, 15) is 0 Å². The van der Waals surface area contributed by atoms with E-state index in [1.807, 2.05) is 60.7 Å². The van der Waals surface area contributed by atoms with Crippen molar-refractivity contribution < 1.29 is 8.83 Å². The van der Waals surface area contributed by atoms with E-state index >= 15 is 0 Å². The van der Waals surface area contributed by atoms with Crippen LogP contribution in [0.15, 0.2) is 409 Å². The standard InChI is InChI=1S/C115H72N6O2/c1-114(2)93-47-20-15-42-83(93)90-66-91-84-61-63-102-104(88-45-27-46-89(109(88)123-102)113-117-111(72-30-9-4-10-31-72)116-112(118-113)73-32-11-5-12-33-73)107(84)120(99(91)68-98(90)114)80-39-26-36-76(65-80)75-35-25-34-74(64-75)71-54-58-79(59-55-71)119(78-56-52-70(53-57-78)69-28-7-3-8-29-69)100-67-92-85-60-62-97-103(86-43-18-23-50-96(86)115(97)94-48-21-16-40-81(94)82-41-17-22-49-95(82)115)106(85)121(77-37-13-6-14-38-77)108(92)105-87-44-19-24-51-101(87)122-110(100)105/h3-68H,1-2H3. The van der Waals surface area contributed by atoms with Gasteiger partial charge in [-0.05, 0) is 192 Å². The van der Waals surface area contributed by atoms with Gasteiger partial charge in [0.05, 0.1) is 49.5 Å². The van der Waals surface area contributed by atoms with E-state index in [1.165, 1.54) is 77.7 Å². The molecule has 0 radical (unpaired) electrons. The predicted octanol–water partition coefficient (Wildman–Crippen LogP) is 30.0. The van der Waals surface area contributed by atoms with E-state index in [0.29, 0.717) is 23.1 Å². The molecule has 3 aliphatic carbocycles. The molecule has 18 aromatic carbocycles. The van der Waals surface area contributed by atoms with Crippen molar-refractivity contribution in [1.82, 2.24) is 24.1 Å². The van der Waals surface area contributed by atoms with Crippen LogP contribution >= 0.6 is 0 Å². The largest absolute Gasteiger partial charge is 0.455 e. The van der Waals surface area contributed by atoms with E-state index in [0.717, 1.165) is 150 Å². The normalized spacial score (nSPS) is 13.3. The van der Waals surface area contributed by atoms with Gasteiger partial charge in [-0.1, -0.05) is 317 Å². The molecule has 0 aliphatic heterocycles. The van der Waals surface area contributed by atoms with Gasteiger partial charge < -0.3 is 22.9 Å². The maximum atomic E-state index is 7.47. The molecule has 123 heavy (non-hydrogen) atoms. The van der Waals surface area contributed by atoms with Crippen molar-refractivity contribution >= 4 is 105 Å². The third kappa shape index (κ3) is 9.97. The number of furan rings is 2. The van der Waals surface area contributed by atoms with E-state index in [4.69, 9.17) is 23.8 Å². The number of rotatable bonds is 11. The lowest BCUT2D eigenvalue weighted by Gasteiger charge is -2.30. The van der Waals surface area contributed by atoms with Gasteiger partial charge in [0.2, 0.25) is 0 Å². The average molecular weight is 1570 g/mol. The number of anilines is 3. The number of hydrogen-bond acceptors (Lipinski definition) is 6. The molecule has 26 rings (SSSR count). The van der Waals surface area contributed by atoms with Gasteiger partial charge in [-0.25, -0.2) is 15.0 Å². The highest BCUT2D eigenvalue weighted by molar-refractivity contribution is 6.30. The first kappa shape index (κ1) is 69.0. The molecule has 3 aliphatic rings. The van der Waals surface area contributed by atoms with Gasteiger partial charge in [0.15, 0.2) is 23.1 Å². The molecule has 0 saturated heterocycles. The summed E-state index contributed by atoms with van der Waals surface area (Å²) in [5.74, 6) is 1.71. The van der Waals surface area contributed by atoms with Crippen LogP contribution in [0.1, 0.15) is 47.2 Å². The molecule has 0 atom stereocenters. The van der Waals surface area contributed by atoms with Crippen LogP contribution in [0.5, 0.6) is 0 Å². The Morgan fingerprint density at radius 3 is 1.41 bits per heavy atom. The Morgan fingerprint density at radius 2 is 0.732 bits per heavy atom. The molecule has 0 amide bonds. The molecular formula is C115H72N6O2. The molecule has 0 bridgehead atoms. The topological polar surface area (TPSA) is 78.0 Å². The lowest BCUT2D eigenvalue weighted by Crippen LogP contribution is -2.25. The molecule has 574 valence electrons. The van der Waals surface area contributed by atoms with Crippen molar-refractivity contribution in [3.63, 3.8) is 0 Å². The number of benzene rings is 18. The number of aromatic nitrogens is 5. The summed E-state index contributed by atoms with van der Waals surface area (Å²) in [5.41, 5.74) is 36.5. The number of hydrogen-bond donors (Lipinski definition) is 0. The molecule has 8 nitrogen and oxygen atoms in total. The minimum Gasteiger partial charge on any atom is -0.455 e. The van der Waals surface area contributed by atoms with Gasteiger partial charge in [0, 0.05) is 77.2 Å². The Hall–Kier alpha value is -16.0. The second kappa shape index (κ2) is 26.2. The van der Waals surface area contributed by atoms with Gasteiger partial charge in [0.1, 0.15) is 16.7 Å². The van der Waals surface area contributed by atoms with E-state index < -0.39 is 5.41 Å². The van der Waals surface area contributed by atoms with E-state index in [2.05, 4.69) is 368 Å². The van der Waals surface area contributed by atoms with Crippen LogP contribution in [-0.2, 0) is 10.8 Å². The molecule has 23 aromatic rings. The molecule has 0 fully saturated rings. The first-order valence-electron chi connectivity index (χ1n) is 42.3. The molecule has 0 unspecified atom stereocenters. The lowest BCUT2D eigenvalue weighted by atomic mass is 9.70. The van der Waals surface area contributed by atoms with E-state index in [-0.39, 0.29) is 5.41 Å². The summed E-state index contributed by atoms with van der Waals surface area (Å²) in [7, 11) is 0. The van der Waals surface area contributed by atoms with Crippen LogP contribution in [0.4, 0.5) is 17.1 Å². The van der Waals surface area contributed by atoms with Crippen LogP contribution in [0.25, 0.3) is 200 Å². The van der Waals surface area contributed by atoms with Gasteiger partial charge >= 0.3 is 0 Å². The Bertz CT molecular complexity index is 8280. The average Bonchev–Trinajstić information content (AvgIpc) is 1.49. The van der Waals surface area contributed by atoms with Crippen molar-refractivity contribution in [3.05, 3.63) is 434 Å². The summed E-state index contributed by atoms with van der Waals surface area (Å²) < 4.78 is 19.8. The van der Waals surface area contributed by atoms with Crippen LogP contribution < -0.4 is 4.90 Å². The smallest absolute Gasteiger partial charge is 0.167 e. The van der Waals surface area contributed by atoms with Crippen LogP contribution in [-0.4, -0.2) is 24.1 Å². The summed E-state index contributed by atoms with van der Waals surface area (Å²) in [6.07, 6.45) is 0. The predicted molar refractivity (Wildman–Crippen MR) is 504 cm³/mol. The van der Waals surface area contributed by atoms with Gasteiger partial charge in [-0.3, -0.25) is 0 Å². The molecule has 5 aromatic heterocycles. The van der Waals surface area contributed by atoms with Crippen molar-refractivity contribution in [3.8, 4) is 112 Å². The van der Waals surface area contributed by atoms with Crippen molar-refractivity contribution in [2.24, 2.45) is 0 Å². The van der Waals surface area contributed by atoms with Gasteiger partial charge in [-0.2, -0.15) is 0 Å². The molecule has 8 heteroatoms. The van der Waals surface area contributed by atoms with Crippen LogP contribution in [0.2, 0.25) is 0 Å². The van der Waals surface area contributed by atoms with E-state index in [1.54, 1.807) is 0 Å². The second-order valence-electron chi connectivity index (χ2n) is 33.5. The first-order valence-corrected chi connectivity index (χ1v) is 42.3. The zero-order valence-corrected chi connectivity index (χ0v) is 67.1. The van der Waals surface area contributed by atoms with Gasteiger partial charge in [0.25, 0.3) is 0 Å². The SMILES string of the molecule is CC1(C)c2ccccc2-c2cc3c4ccc5oc6c(-c7nc(-c8ccccc8)nc(-c8ccccc8)n7)cccc6c5c4n(-c4cccc(-c5cccc(-c6ccc(N(c7ccc(-c8ccccc8)cc7)c7cc8c9ccc%10c(c9n(-c9ccccc9)c8c8c7oc7ccccc78)-c7ccccc7C%107c8ccccc8-c8ccccc87)cc6)c5)c4)c3cc21. The quantitative estimate of drug-likeness (QED) is 0.128. The fourth-order valence-electron chi connectivity index (χ4n) is 21.4. The summed E-state index contributed by atoms with van der Waals surface area (Å²) in [4.78, 5) is 17.9. The lowest BCUT2D eigenvalue weighted by molar-refractivity contribution is 0.661. The zero-order chi connectivity index (χ0) is 80.9. The first-order chi connectivity index (χ1) is 60.8. The maximum absolute atomic E-state index is 7.47. The monoisotopic (exact) mass is 1570 g/mol. The van der Waals surface area contributed by atoms with Crippen LogP contribution in [0.3, 0.4) is 0 Å². The maximum Gasteiger partial charge on any atom is 0.167 e. The van der Waals surface area contributed by atoms with Crippen molar-refractivity contribution in [2.75, 3.05) is 4.90 Å². The zero-order valence-electron chi connectivity index (χ0n) is 67.1. The fourth-order valence-corrected chi connectivity index (χ4v) is 21.4. The number of fused-ring (bicyclic) bond motifs is 28. The highest BCUT2D eigenvalue weighted by atomic mass is 16.3. The molecule has 0 saturated carbocycles. The summed E-state index contributed by atoms with van der Waals surface area (Å²) in [5, 5.41) is 8.68. The Balaban J connectivity index is 0.637. The third-order valence-electron chi connectivity index (χ3n) is 26.8. The number of para-hydroxylation sites is 3. The summed E-state index contributed by atoms with van der Waals surface area (Å²) >= 11 is 0. The number of nitrogens with zero attached hydrogens (tertiary/aromatic N) is 6. The highest BCUT2D eigenvalue weighted by Gasteiger charge is 2.53. The minimum absolute atomic E-state index is 0.249. The fraction of sp³-hybridized carbons (Fsp3) is 0.0348. The van der Waals surface area contributed by atoms with Crippen molar-refractivity contribution in [2.45, 2.75) is 24.7 Å². The molecule has 0 N–H and O–H groups in total. The minimum atomic E-state index is -0.543. The molecule has 5 heterocycles. The molecular weight excluding hydrogens is 1500 g/mol. The third-order valence-corrected chi connectivity index (χ3v) is 26.8. The Kier molecular flexibility index (Phi) is 14.7. The highest BCUT2D eigenvalue weighted by Crippen LogP contribution is 2.65. The Labute approximate surface area is 708 Å². The van der Waals surface area contributed by atoms with Crippen molar-refractivity contribution in [1.29, 1.82) is 0 Å². The Morgan fingerprint density at radius 1 is 0.260 bits per heavy atom.